The van der Waals surface area contributed by atoms with Crippen LogP contribution in [0.15, 0.2) is 54.6 Å². The molecule has 0 aliphatic rings. The maximum atomic E-state index is 12.5. The number of carbonyl (C=O) groups is 1. The number of anilines is 2. The van der Waals surface area contributed by atoms with Gasteiger partial charge in [0.15, 0.2) is 0 Å². The van der Waals surface area contributed by atoms with E-state index in [1.54, 1.807) is 4.90 Å². The lowest BCUT2D eigenvalue weighted by Crippen LogP contribution is -2.31. The van der Waals surface area contributed by atoms with Gasteiger partial charge in [-0.25, -0.2) is 0 Å². The van der Waals surface area contributed by atoms with Crippen molar-refractivity contribution in [2.75, 3.05) is 23.3 Å². The summed E-state index contributed by atoms with van der Waals surface area (Å²) in [5.74, 6) is 0.925. The zero-order chi connectivity index (χ0) is 17.4. The van der Waals surface area contributed by atoms with Gasteiger partial charge in [0.2, 0.25) is 5.91 Å². The van der Waals surface area contributed by atoms with E-state index >= 15 is 0 Å². The summed E-state index contributed by atoms with van der Waals surface area (Å²) >= 11 is 0. The molecule has 1 amide bonds. The number of ether oxygens (including phenoxy) is 1. The predicted octanol–water partition coefficient (Wildman–Crippen LogP) is 4.33. The molecule has 0 aromatic heterocycles. The highest BCUT2D eigenvalue weighted by Gasteiger charge is 2.13. The summed E-state index contributed by atoms with van der Waals surface area (Å²) in [5.41, 5.74) is 1.86. The summed E-state index contributed by atoms with van der Waals surface area (Å²) in [7, 11) is 0. The fraction of sp³-hybridized carbons (Fsp3) is 0.350. The largest absolute Gasteiger partial charge is 0.489 e. The number of hydrogen-bond donors (Lipinski definition) is 1. The van der Waals surface area contributed by atoms with E-state index in [0.717, 1.165) is 17.1 Å². The second kappa shape index (κ2) is 8.96. The average Bonchev–Trinajstić information content (AvgIpc) is 2.57. The first-order valence-corrected chi connectivity index (χ1v) is 8.46. The van der Waals surface area contributed by atoms with Gasteiger partial charge < -0.3 is 15.0 Å². The monoisotopic (exact) mass is 326 g/mol. The van der Waals surface area contributed by atoms with E-state index in [0.29, 0.717) is 19.5 Å². The molecule has 2 rings (SSSR count). The van der Waals surface area contributed by atoms with Crippen LogP contribution in [0.4, 0.5) is 11.4 Å². The summed E-state index contributed by atoms with van der Waals surface area (Å²) < 4.78 is 5.78. The Bertz CT molecular complexity index is 641. The minimum atomic E-state index is 0.110. The minimum Gasteiger partial charge on any atom is -0.489 e. The van der Waals surface area contributed by atoms with Gasteiger partial charge in [0.25, 0.3) is 0 Å². The fourth-order valence-electron chi connectivity index (χ4n) is 2.52. The summed E-state index contributed by atoms with van der Waals surface area (Å²) in [4.78, 5) is 14.3. The number of hydrogen-bond acceptors (Lipinski definition) is 3. The van der Waals surface area contributed by atoms with Crippen molar-refractivity contribution in [2.24, 2.45) is 0 Å². The Labute approximate surface area is 144 Å². The average molecular weight is 326 g/mol. The van der Waals surface area contributed by atoms with E-state index in [4.69, 9.17) is 4.74 Å². The normalized spacial score (nSPS) is 10.5. The van der Waals surface area contributed by atoms with Gasteiger partial charge in [-0.3, -0.25) is 4.79 Å². The lowest BCUT2D eigenvalue weighted by molar-refractivity contribution is -0.118. The molecule has 4 heteroatoms. The van der Waals surface area contributed by atoms with E-state index in [1.807, 2.05) is 75.4 Å². The number of amides is 1. The first-order chi connectivity index (χ1) is 11.6. The van der Waals surface area contributed by atoms with Crippen LogP contribution in [0, 0.1) is 0 Å². The molecule has 0 fully saturated rings. The van der Waals surface area contributed by atoms with Gasteiger partial charge in [0.1, 0.15) is 5.75 Å². The van der Waals surface area contributed by atoms with E-state index < -0.39 is 0 Å². The van der Waals surface area contributed by atoms with E-state index in [9.17, 15) is 4.79 Å². The number of benzene rings is 2. The Balaban J connectivity index is 1.93. The standard InChI is InChI=1S/C20H26N2O2/c1-4-22(17-10-6-5-7-11-17)20(23)14-15-21-18-12-8-9-13-19(18)24-16(2)3/h5-13,16,21H,4,14-15H2,1-3H3. The number of nitrogens with one attached hydrogen (secondary N) is 1. The van der Waals surface area contributed by atoms with Crippen molar-refractivity contribution >= 4 is 17.3 Å². The molecule has 0 heterocycles. The molecule has 2 aromatic rings. The molecule has 0 spiro atoms. The van der Waals surface area contributed by atoms with Crippen molar-refractivity contribution in [1.82, 2.24) is 0 Å². The Kier molecular flexibility index (Phi) is 6.67. The number of nitrogens with zero attached hydrogens (tertiary/aromatic N) is 1. The van der Waals surface area contributed by atoms with Crippen molar-refractivity contribution in [2.45, 2.75) is 33.3 Å². The SMILES string of the molecule is CCN(C(=O)CCNc1ccccc1OC(C)C)c1ccccc1. The van der Waals surface area contributed by atoms with Gasteiger partial charge in [0, 0.05) is 25.2 Å². The molecule has 0 saturated carbocycles. The third-order valence-electron chi connectivity index (χ3n) is 3.59. The Morgan fingerprint density at radius 2 is 1.75 bits per heavy atom. The number of carbonyl (C=O) groups excluding carboxylic acids is 1. The van der Waals surface area contributed by atoms with Gasteiger partial charge in [0.05, 0.1) is 11.8 Å². The Morgan fingerprint density at radius 1 is 1.08 bits per heavy atom. The van der Waals surface area contributed by atoms with Crippen LogP contribution in [-0.2, 0) is 4.79 Å². The van der Waals surface area contributed by atoms with Crippen molar-refractivity contribution in [3.63, 3.8) is 0 Å². The third kappa shape index (κ3) is 5.01. The van der Waals surface area contributed by atoms with Gasteiger partial charge in [-0.2, -0.15) is 0 Å². The van der Waals surface area contributed by atoms with Gasteiger partial charge >= 0.3 is 0 Å². The number of rotatable bonds is 8. The second-order valence-corrected chi connectivity index (χ2v) is 5.81. The molecule has 0 saturated heterocycles. The molecule has 4 nitrogen and oxygen atoms in total. The molecule has 2 aromatic carbocycles. The zero-order valence-electron chi connectivity index (χ0n) is 14.7. The third-order valence-corrected chi connectivity index (χ3v) is 3.59. The van der Waals surface area contributed by atoms with Crippen LogP contribution >= 0.6 is 0 Å². The van der Waals surface area contributed by atoms with Gasteiger partial charge in [-0.05, 0) is 45.0 Å². The quantitative estimate of drug-likeness (QED) is 0.785. The second-order valence-electron chi connectivity index (χ2n) is 5.81. The van der Waals surface area contributed by atoms with E-state index in [2.05, 4.69) is 5.32 Å². The Morgan fingerprint density at radius 3 is 2.42 bits per heavy atom. The highest BCUT2D eigenvalue weighted by Crippen LogP contribution is 2.24. The Hall–Kier alpha value is -2.49. The van der Waals surface area contributed by atoms with Crippen LogP contribution in [0.5, 0.6) is 5.75 Å². The minimum absolute atomic E-state index is 0.110. The van der Waals surface area contributed by atoms with Gasteiger partial charge in [-0.1, -0.05) is 30.3 Å². The molecule has 1 N–H and O–H groups in total. The topological polar surface area (TPSA) is 41.6 Å². The summed E-state index contributed by atoms with van der Waals surface area (Å²) in [5, 5.41) is 3.31. The van der Waals surface area contributed by atoms with Crippen molar-refractivity contribution < 1.29 is 9.53 Å². The van der Waals surface area contributed by atoms with Crippen LogP contribution in [0.3, 0.4) is 0 Å². The molecule has 0 radical (unpaired) electrons. The molecular weight excluding hydrogens is 300 g/mol. The van der Waals surface area contributed by atoms with Crippen molar-refractivity contribution in [3.05, 3.63) is 54.6 Å². The zero-order valence-corrected chi connectivity index (χ0v) is 14.7. The molecule has 0 aliphatic carbocycles. The lowest BCUT2D eigenvalue weighted by atomic mass is 10.2. The maximum absolute atomic E-state index is 12.5. The number of para-hydroxylation sites is 3. The molecule has 0 aliphatic heterocycles. The van der Waals surface area contributed by atoms with Crippen LogP contribution in [0.1, 0.15) is 27.2 Å². The lowest BCUT2D eigenvalue weighted by Gasteiger charge is -2.21. The van der Waals surface area contributed by atoms with Crippen LogP contribution < -0.4 is 15.0 Å². The van der Waals surface area contributed by atoms with Crippen LogP contribution in [-0.4, -0.2) is 25.1 Å². The highest BCUT2D eigenvalue weighted by atomic mass is 16.5. The molecule has 0 atom stereocenters. The molecule has 0 unspecified atom stereocenters. The smallest absolute Gasteiger partial charge is 0.228 e. The van der Waals surface area contributed by atoms with E-state index in [1.165, 1.54) is 0 Å². The highest BCUT2D eigenvalue weighted by molar-refractivity contribution is 5.93. The molecule has 0 bridgehead atoms. The van der Waals surface area contributed by atoms with E-state index in [-0.39, 0.29) is 12.0 Å². The van der Waals surface area contributed by atoms with Crippen LogP contribution in [0.25, 0.3) is 0 Å². The first-order valence-electron chi connectivity index (χ1n) is 8.46. The summed E-state index contributed by atoms with van der Waals surface area (Å²) in [6, 6.07) is 17.6. The van der Waals surface area contributed by atoms with Gasteiger partial charge in [-0.15, -0.1) is 0 Å². The molecular formula is C20H26N2O2. The van der Waals surface area contributed by atoms with Crippen molar-refractivity contribution in [3.8, 4) is 5.75 Å². The van der Waals surface area contributed by atoms with Crippen molar-refractivity contribution in [1.29, 1.82) is 0 Å². The van der Waals surface area contributed by atoms with Crippen LogP contribution in [0.2, 0.25) is 0 Å². The maximum Gasteiger partial charge on any atom is 0.228 e. The predicted molar refractivity (Wildman–Crippen MR) is 99.8 cm³/mol. The molecule has 128 valence electrons. The first kappa shape index (κ1) is 17.9. The summed E-state index contributed by atoms with van der Waals surface area (Å²) in [6.07, 6.45) is 0.543. The summed E-state index contributed by atoms with van der Waals surface area (Å²) in [6.45, 7) is 7.22. The fourth-order valence-corrected chi connectivity index (χ4v) is 2.52. The molecule has 24 heavy (non-hydrogen) atoms.